The van der Waals surface area contributed by atoms with Gasteiger partial charge in [0.05, 0.1) is 12.5 Å². The lowest BCUT2D eigenvalue weighted by molar-refractivity contribution is 0.821. The summed E-state index contributed by atoms with van der Waals surface area (Å²) in [5, 5.41) is 11.8. The minimum Gasteiger partial charge on any atom is -0.382 e. The minimum atomic E-state index is 0.210. The summed E-state index contributed by atoms with van der Waals surface area (Å²) < 4.78 is 0. The van der Waals surface area contributed by atoms with E-state index in [0.29, 0.717) is 6.42 Å². The molecule has 0 heterocycles. The Kier molecular flexibility index (Phi) is 3.53. The van der Waals surface area contributed by atoms with Crippen molar-refractivity contribution in [3.05, 3.63) is 29.3 Å². The molecule has 0 spiro atoms. The van der Waals surface area contributed by atoms with E-state index in [4.69, 9.17) is 5.26 Å². The monoisotopic (exact) mass is 188 g/mol. The van der Waals surface area contributed by atoms with Crippen molar-refractivity contribution in [1.82, 2.24) is 0 Å². The van der Waals surface area contributed by atoms with Gasteiger partial charge in [-0.25, -0.2) is 0 Å². The molecule has 2 nitrogen and oxygen atoms in total. The molecule has 1 unspecified atom stereocenters. The van der Waals surface area contributed by atoms with Crippen molar-refractivity contribution >= 4 is 5.69 Å². The van der Waals surface area contributed by atoms with Crippen LogP contribution in [0.3, 0.4) is 0 Å². The maximum absolute atomic E-state index is 8.52. The van der Waals surface area contributed by atoms with Gasteiger partial charge in [0.25, 0.3) is 0 Å². The highest BCUT2D eigenvalue weighted by Crippen LogP contribution is 2.15. The van der Waals surface area contributed by atoms with Crippen molar-refractivity contribution in [2.75, 3.05) is 5.32 Å². The molecule has 1 N–H and O–H groups in total. The van der Waals surface area contributed by atoms with E-state index in [1.807, 2.05) is 6.92 Å². The zero-order valence-electron chi connectivity index (χ0n) is 8.96. The lowest BCUT2D eigenvalue weighted by atomic mass is 10.1. The van der Waals surface area contributed by atoms with Gasteiger partial charge < -0.3 is 5.32 Å². The number of benzene rings is 1. The van der Waals surface area contributed by atoms with Crippen LogP contribution in [-0.2, 0) is 0 Å². The van der Waals surface area contributed by atoms with Crippen molar-refractivity contribution in [3.63, 3.8) is 0 Å². The fourth-order valence-corrected chi connectivity index (χ4v) is 1.30. The largest absolute Gasteiger partial charge is 0.382 e. The van der Waals surface area contributed by atoms with E-state index in [1.165, 1.54) is 11.1 Å². The fourth-order valence-electron chi connectivity index (χ4n) is 1.30. The van der Waals surface area contributed by atoms with Crippen LogP contribution in [0.15, 0.2) is 18.2 Å². The van der Waals surface area contributed by atoms with Crippen molar-refractivity contribution in [2.45, 2.75) is 33.2 Å². The van der Waals surface area contributed by atoms with Gasteiger partial charge in [0.2, 0.25) is 0 Å². The molecular weight excluding hydrogens is 172 g/mol. The van der Waals surface area contributed by atoms with Gasteiger partial charge in [-0.3, -0.25) is 0 Å². The summed E-state index contributed by atoms with van der Waals surface area (Å²) in [6, 6.07) is 8.62. The second-order valence-electron chi connectivity index (χ2n) is 3.71. The van der Waals surface area contributed by atoms with Crippen LogP contribution in [-0.4, -0.2) is 6.04 Å². The summed E-state index contributed by atoms with van der Waals surface area (Å²) in [6.45, 7) is 6.20. The second kappa shape index (κ2) is 4.66. The van der Waals surface area contributed by atoms with Crippen molar-refractivity contribution in [2.24, 2.45) is 0 Å². The number of nitrogens with zero attached hydrogens (tertiary/aromatic N) is 1. The average Bonchev–Trinajstić information content (AvgIpc) is 2.12. The number of hydrogen-bond donors (Lipinski definition) is 1. The molecule has 0 aliphatic carbocycles. The van der Waals surface area contributed by atoms with Crippen LogP contribution >= 0.6 is 0 Å². The molecule has 1 aromatic carbocycles. The maximum Gasteiger partial charge on any atom is 0.0643 e. The van der Waals surface area contributed by atoms with Gasteiger partial charge in [0.1, 0.15) is 0 Å². The van der Waals surface area contributed by atoms with Crippen LogP contribution in [0.1, 0.15) is 24.5 Å². The summed E-state index contributed by atoms with van der Waals surface area (Å²) in [5.74, 6) is 0. The number of rotatable bonds is 3. The Morgan fingerprint density at radius 1 is 1.36 bits per heavy atom. The molecule has 0 fully saturated rings. The van der Waals surface area contributed by atoms with Crippen molar-refractivity contribution in [3.8, 4) is 6.07 Å². The smallest absolute Gasteiger partial charge is 0.0643 e. The van der Waals surface area contributed by atoms with Crippen LogP contribution in [0, 0.1) is 25.2 Å². The molecule has 74 valence electrons. The molecular formula is C12H16N2. The molecule has 0 amide bonds. The Morgan fingerprint density at radius 3 is 2.64 bits per heavy atom. The van der Waals surface area contributed by atoms with Gasteiger partial charge in [-0.05, 0) is 44.0 Å². The normalized spacial score (nSPS) is 11.9. The molecule has 0 saturated carbocycles. The fraction of sp³-hybridized carbons (Fsp3) is 0.417. The summed E-state index contributed by atoms with van der Waals surface area (Å²) in [7, 11) is 0. The molecule has 0 radical (unpaired) electrons. The number of nitriles is 1. The summed E-state index contributed by atoms with van der Waals surface area (Å²) in [6.07, 6.45) is 0.535. The zero-order valence-corrected chi connectivity index (χ0v) is 8.96. The number of anilines is 1. The Hall–Kier alpha value is -1.49. The van der Waals surface area contributed by atoms with Crippen LogP contribution in [0.4, 0.5) is 5.69 Å². The van der Waals surface area contributed by atoms with Crippen LogP contribution in [0.5, 0.6) is 0 Å². The highest BCUT2D eigenvalue weighted by atomic mass is 14.9. The molecule has 2 heteroatoms. The van der Waals surface area contributed by atoms with Gasteiger partial charge in [0, 0.05) is 11.7 Å². The van der Waals surface area contributed by atoms with E-state index in [9.17, 15) is 0 Å². The minimum absolute atomic E-state index is 0.210. The van der Waals surface area contributed by atoms with Crippen LogP contribution < -0.4 is 5.32 Å². The quantitative estimate of drug-likeness (QED) is 0.791. The van der Waals surface area contributed by atoms with E-state index < -0.39 is 0 Å². The Labute approximate surface area is 85.6 Å². The SMILES string of the molecule is Cc1ccc(NC(C)CC#N)cc1C. The van der Waals surface area contributed by atoms with Gasteiger partial charge in [-0.1, -0.05) is 6.07 Å². The van der Waals surface area contributed by atoms with E-state index in [-0.39, 0.29) is 6.04 Å². The van der Waals surface area contributed by atoms with E-state index in [0.717, 1.165) is 5.69 Å². The first-order valence-corrected chi connectivity index (χ1v) is 4.84. The third-order valence-electron chi connectivity index (χ3n) is 2.32. The molecule has 1 atom stereocenters. The molecule has 14 heavy (non-hydrogen) atoms. The molecule has 0 aliphatic rings. The molecule has 0 aromatic heterocycles. The molecule has 1 aromatic rings. The first-order valence-electron chi connectivity index (χ1n) is 4.84. The average molecular weight is 188 g/mol. The predicted octanol–water partition coefficient (Wildman–Crippen LogP) is 3.02. The molecule has 0 aliphatic heterocycles. The standard InChI is InChI=1S/C12H16N2/c1-9-4-5-12(8-10(9)2)14-11(3)6-7-13/h4-5,8,11,14H,6H2,1-3H3. The third kappa shape index (κ3) is 2.77. The Balaban J connectivity index is 2.69. The highest BCUT2D eigenvalue weighted by molar-refractivity contribution is 5.48. The van der Waals surface area contributed by atoms with Gasteiger partial charge in [-0.15, -0.1) is 0 Å². The lowest BCUT2D eigenvalue weighted by Gasteiger charge is -2.13. The number of hydrogen-bond acceptors (Lipinski definition) is 2. The topological polar surface area (TPSA) is 35.8 Å². The number of aryl methyl sites for hydroxylation is 2. The number of nitrogens with one attached hydrogen (secondary N) is 1. The summed E-state index contributed by atoms with van der Waals surface area (Å²) >= 11 is 0. The van der Waals surface area contributed by atoms with E-state index in [1.54, 1.807) is 0 Å². The van der Waals surface area contributed by atoms with E-state index in [2.05, 4.69) is 43.4 Å². The van der Waals surface area contributed by atoms with E-state index >= 15 is 0 Å². The van der Waals surface area contributed by atoms with Crippen LogP contribution in [0.25, 0.3) is 0 Å². The van der Waals surface area contributed by atoms with Gasteiger partial charge in [-0.2, -0.15) is 5.26 Å². The lowest BCUT2D eigenvalue weighted by Crippen LogP contribution is -2.13. The molecule has 0 bridgehead atoms. The maximum atomic E-state index is 8.52. The first-order chi connectivity index (χ1) is 6.63. The van der Waals surface area contributed by atoms with Gasteiger partial charge >= 0.3 is 0 Å². The van der Waals surface area contributed by atoms with Crippen molar-refractivity contribution in [1.29, 1.82) is 5.26 Å². The zero-order chi connectivity index (χ0) is 10.6. The second-order valence-corrected chi connectivity index (χ2v) is 3.71. The summed E-state index contributed by atoms with van der Waals surface area (Å²) in [5.41, 5.74) is 3.67. The van der Waals surface area contributed by atoms with Gasteiger partial charge in [0.15, 0.2) is 0 Å². The Bertz CT molecular complexity index is 350. The van der Waals surface area contributed by atoms with Crippen LogP contribution in [0.2, 0.25) is 0 Å². The predicted molar refractivity (Wildman–Crippen MR) is 59.2 cm³/mol. The third-order valence-corrected chi connectivity index (χ3v) is 2.32. The summed E-state index contributed by atoms with van der Waals surface area (Å²) in [4.78, 5) is 0. The Morgan fingerprint density at radius 2 is 2.07 bits per heavy atom. The molecule has 0 saturated heterocycles. The molecule has 1 rings (SSSR count). The first kappa shape index (κ1) is 10.6. The highest BCUT2D eigenvalue weighted by Gasteiger charge is 2.01. The van der Waals surface area contributed by atoms with Crippen molar-refractivity contribution < 1.29 is 0 Å².